The van der Waals surface area contributed by atoms with Crippen LogP contribution in [0.1, 0.15) is 15.9 Å². The van der Waals surface area contributed by atoms with Gasteiger partial charge in [-0.3, -0.25) is 4.79 Å². The van der Waals surface area contributed by atoms with Gasteiger partial charge in [0, 0.05) is 0 Å². The number of nitrogens with zero attached hydrogens (tertiary/aromatic N) is 1. The van der Waals surface area contributed by atoms with Crippen molar-refractivity contribution in [3.8, 4) is 11.5 Å². The second kappa shape index (κ2) is 7.12. The third kappa shape index (κ3) is 3.47. The molecule has 1 saturated heterocycles. The molecule has 0 bridgehead atoms. The van der Waals surface area contributed by atoms with Crippen LogP contribution in [0, 0.1) is 0 Å². The number of benzene rings is 1. The molecule has 11 heteroatoms. The molecule has 1 aromatic rings. The number of hydrogen-bond acceptors (Lipinski definition) is 8. The number of aliphatic hydroxyl groups excluding tert-OH is 1. The molecule has 0 saturated carbocycles. The normalized spacial score (nSPS) is 19.1. The fraction of sp³-hybridized carbons (Fsp3) is 0.467. The van der Waals surface area contributed by atoms with E-state index in [-0.39, 0.29) is 30.2 Å². The number of ether oxygens (including phenoxy) is 1. The van der Waals surface area contributed by atoms with Gasteiger partial charge in [-0.05, 0) is 24.4 Å². The van der Waals surface area contributed by atoms with Gasteiger partial charge in [-0.25, -0.2) is 4.79 Å². The summed E-state index contributed by atoms with van der Waals surface area (Å²) in [5.41, 5.74) is 11.2. The van der Waals surface area contributed by atoms with E-state index in [1.165, 1.54) is 4.90 Å². The van der Waals surface area contributed by atoms with Gasteiger partial charge >= 0.3 is 13.1 Å². The summed E-state index contributed by atoms with van der Waals surface area (Å²) in [6, 6.07) is 2.03. The molecule has 2 aliphatic rings. The quantitative estimate of drug-likeness (QED) is 0.292. The number of carboxylic acid groups (broad SMARTS) is 1. The van der Waals surface area contributed by atoms with Gasteiger partial charge in [0.1, 0.15) is 35.4 Å². The Morgan fingerprint density at radius 1 is 1.35 bits per heavy atom. The van der Waals surface area contributed by atoms with Gasteiger partial charge in [0.05, 0.1) is 13.1 Å². The zero-order chi connectivity index (χ0) is 19.0. The van der Waals surface area contributed by atoms with E-state index in [0.717, 1.165) is 0 Å². The summed E-state index contributed by atoms with van der Waals surface area (Å²) >= 11 is 0. The summed E-state index contributed by atoms with van der Waals surface area (Å²) in [4.78, 5) is 25.0. The standard InChI is InChI=1S/C15H20BN3O7/c17-11(13(18)20)14(21)19-5-8(6-19)25-9-2-1-7-3-4-16(24)26-12(7)10(9)15(22)23/h1-2,8,11,13,20,24H,3-6,17-18H2,(H,22,23)/t11-,13-/m1/s1. The van der Waals surface area contributed by atoms with Crippen LogP contribution in [0.25, 0.3) is 0 Å². The molecule has 3 rings (SSSR count). The lowest BCUT2D eigenvalue weighted by Gasteiger charge is -2.40. The molecule has 10 nitrogen and oxygen atoms in total. The second-order valence-corrected chi connectivity index (χ2v) is 6.34. The van der Waals surface area contributed by atoms with Gasteiger partial charge in [0.15, 0.2) is 0 Å². The van der Waals surface area contributed by atoms with Gasteiger partial charge in [-0.1, -0.05) is 6.07 Å². The molecule has 1 amide bonds. The number of amides is 1. The zero-order valence-corrected chi connectivity index (χ0v) is 13.9. The van der Waals surface area contributed by atoms with Crippen LogP contribution < -0.4 is 20.9 Å². The molecule has 1 fully saturated rings. The number of hydrogen-bond donors (Lipinski definition) is 5. The maximum Gasteiger partial charge on any atom is 0.522 e. The highest BCUT2D eigenvalue weighted by Crippen LogP contribution is 2.37. The van der Waals surface area contributed by atoms with Crippen molar-refractivity contribution in [2.45, 2.75) is 31.1 Å². The first kappa shape index (κ1) is 18.5. The number of carboxylic acids is 1. The summed E-state index contributed by atoms with van der Waals surface area (Å²) in [7, 11) is -1.06. The molecule has 1 aromatic carbocycles. The Hall–Kier alpha value is -2.34. The minimum atomic E-state index is -1.45. The summed E-state index contributed by atoms with van der Waals surface area (Å²) in [5, 5.41) is 28.3. The van der Waals surface area contributed by atoms with E-state index in [4.69, 9.17) is 26.0 Å². The monoisotopic (exact) mass is 365 g/mol. The van der Waals surface area contributed by atoms with Crippen LogP contribution in [0.4, 0.5) is 0 Å². The Labute approximate surface area is 149 Å². The third-order valence-electron chi connectivity index (χ3n) is 4.44. The van der Waals surface area contributed by atoms with E-state index in [1.807, 2.05) is 0 Å². The van der Waals surface area contributed by atoms with Crippen molar-refractivity contribution in [3.63, 3.8) is 0 Å². The van der Waals surface area contributed by atoms with Crippen LogP contribution in [-0.2, 0) is 11.2 Å². The van der Waals surface area contributed by atoms with Crippen molar-refractivity contribution in [1.82, 2.24) is 4.90 Å². The molecule has 0 spiro atoms. The number of carbonyl (C=O) groups excluding carboxylic acids is 1. The predicted octanol–water partition coefficient (Wildman–Crippen LogP) is -2.01. The van der Waals surface area contributed by atoms with Gasteiger partial charge in [-0.2, -0.15) is 0 Å². The highest BCUT2D eigenvalue weighted by atomic mass is 16.5. The van der Waals surface area contributed by atoms with Crippen LogP contribution in [0.15, 0.2) is 12.1 Å². The van der Waals surface area contributed by atoms with Crippen LogP contribution in [-0.4, -0.2) is 70.6 Å². The highest BCUT2D eigenvalue weighted by molar-refractivity contribution is 6.44. The molecule has 0 aliphatic carbocycles. The first-order valence-corrected chi connectivity index (χ1v) is 8.16. The number of aromatic carboxylic acids is 1. The summed E-state index contributed by atoms with van der Waals surface area (Å²) in [5.74, 6) is -1.53. The molecule has 2 heterocycles. The summed E-state index contributed by atoms with van der Waals surface area (Å²) in [6.07, 6.45) is -0.989. The molecule has 0 radical (unpaired) electrons. The van der Waals surface area contributed by atoms with Gasteiger partial charge < -0.3 is 41.0 Å². The zero-order valence-electron chi connectivity index (χ0n) is 13.9. The molecule has 2 aliphatic heterocycles. The predicted molar refractivity (Wildman–Crippen MR) is 89.7 cm³/mol. The lowest BCUT2D eigenvalue weighted by Crippen LogP contribution is -2.62. The van der Waals surface area contributed by atoms with Crippen LogP contribution in [0.3, 0.4) is 0 Å². The minimum Gasteiger partial charge on any atom is -0.535 e. The maximum atomic E-state index is 11.9. The second-order valence-electron chi connectivity index (χ2n) is 6.34. The SMILES string of the molecule is N[C@H](O)[C@@H](N)C(=O)N1CC(Oc2ccc3c(c2C(=O)O)OB(O)CC3)C1. The van der Waals surface area contributed by atoms with Crippen molar-refractivity contribution in [2.75, 3.05) is 13.1 Å². The first-order valence-electron chi connectivity index (χ1n) is 8.16. The summed E-state index contributed by atoms with van der Waals surface area (Å²) < 4.78 is 11.0. The first-order chi connectivity index (χ1) is 12.3. The molecule has 0 aromatic heterocycles. The van der Waals surface area contributed by atoms with E-state index >= 15 is 0 Å². The van der Waals surface area contributed by atoms with Crippen molar-refractivity contribution in [1.29, 1.82) is 0 Å². The smallest absolute Gasteiger partial charge is 0.522 e. The van der Waals surface area contributed by atoms with E-state index in [0.29, 0.717) is 18.3 Å². The molecule has 2 atom stereocenters. The number of fused-ring (bicyclic) bond motifs is 1. The largest absolute Gasteiger partial charge is 0.535 e. The van der Waals surface area contributed by atoms with Crippen LogP contribution in [0.2, 0.25) is 6.32 Å². The lowest BCUT2D eigenvalue weighted by molar-refractivity contribution is -0.143. The average Bonchev–Trinajstić information content (AvgIpc) is 2.55. The molecular weight excluding hydrogens is 345 g/mol. The molecular formula is C15H20BN3O7. The maximum absolute atomic E-state index is 11.9. The number of nitrogens with two attached hydrogens (primary N) is 2. The number of aliphatic hydroxyl groups is 1. The molecule has 26 heavy (non-hydrogen) atoms. The molecule has 140 valence electrons. The van der Waals surface area contributed by atoms with Crippen LogP contribution in [0.5, 0.6) is 11.5 Å². The lowest BCUT2D eigenvalue weighted by atomic mass is 9.78. The summed E-state index contributed by atoms with van der Waals surface area (Å²) in [6.45, 7) is 0.387. The van der Waals surface area contributed by atoms with Crippen molar-refractivity contribution in [2.24, 2.45) is 11.5 Å². The Bertz CT molecular complexity index is 723. The van der Waals surface area contributed by atoms with E-state index in [9.17, 15) is 19.7 Å². The van der Waals surface area contributed by atoms with E-state index in [1.54, 1.807) is 12.1 Å². The van der Waals surface area contributed by atoms with Crippen molar-refractivity contribution < 1.29 is 34.2 Å². The number of carbonyl (C=O) groups is 2. The van der Waals surface area contributed by atoms with Gasteiger partial charge in [0.2, 0.25) is 5.91 Å². The van der Waals surface area contributed by atoms with Crippen molar-refractivity contribution in [3.05, 3.63) is 23.3 Å². The average molecular weight is 365 g/mol. The van der Waals surface area contributed by atoms with Crippen molar-refractivity contribution >= 4 is 19.0 Å². The fourth-order valence-corrected chi connectivity index (χ4v) is 2.94. The van der Waals surface area contributed by atoms with Gasteiger partial charge in [0.25, 0.3) is 0 Å². The highest BCUT2D eigenvalue weighted by Gasteiger charge is 2.37. The van der Waals surface area contributed by atoms with E-state index < -0.39 is 37.4 Å². The topological polar surface area (TPSA) is 169 Å². The Morgan fingerprint density at radius 3 is 2.65 bits per heavy atom. The third-order valence-corrected chi connectivity index (χ3v) is 4.44. The number of rotatable bonds is 5. The fourth-order valence-electron chi connectivity index (χ4n) is 2.94. The molecule has 0 unspecified atom stereocenters. The van der Waals surface area contributed by atoms with Crippen LogP contribution >= 0.6 is 0 Å². The molecule has 7 N–H and O–H groups in total. The Morgan fingerprint density at radius 2 is 2.04 bits per heavy atom. The minimum absolute atomic E-state index is 0.102. The Balaban J connectivity index is 1.71. The number of aryl methyl sites for hydroxylation is 1. The number of likely N-dealkylation sites (tertiary alicyclic amines) is 1. The Kier molecular flexibility index (Phi) is 5.05. The van der Waals surface area contributed by atoms with E-state index in [2.05, 4.69) is 0 Å². The van der Waals surface area contributed by atoms with Gasteiger partial charge in [-0.15, -0.1) is 0 Å².